The molecule has 1 aromatic heterocycles. The second kappa shape index (κ2) is 5.35. The maximum atomic E-state index is 12.8. The zero-order valence-electron chi connectivity index (χ0n) is 10.7. The minimum absolute atomic E-state index is 0.284. The molecule has 0 radical (unpaired) electrons. The highest BCUT2D eigenvalue weighted by Crippen LogP contribution is 2.18. The standard InChI is InChI=1S/C16H13FN2O/c17-12-7-5-11(6-8-12)9-16(20)15-10-18-13-3-1-2-4-14(13)19-15/h1-8,10,16,20H,9H2. The lowest BCUT2D eigenvalue weighted by molar-refractivity contribution is 0.173. The number of hydrogen-bond acceptors (Lipinski definition) is 3. The van der Waals surface area contributed by atoms with Crippen LogP contribution >= 0.6 is 0 Å². The fourth-order valence-corrected chi connectivity index (χ4v) is 2.08. The predicted molar refractivity (Wildman–Crippen MR) is 74.6 cm³/mol. The summed E-state index contributed by atoms with van der Waals surface area (Å²) in [5.41, 5.74) is 2.93. The van der Waals surface area contributed by atoms with Crippen LogP contribution in [-0.4, -0.2) is 15.1 Å². The summed E-state index contributed by atoms with van der Waals surface area (Å²) in [4.78, 5) is 8.68. The molecule has 0 amide bonds. The lowest BCUT2D eigenvalue weighted by Crippen LogP contribution is -2.05. The summed E-state index contributed by atoms with van der Waals surface area (Å²) >= 11 is 0. The van der Waals surface area contributed by atoms with Crippen LogP contribution in [0.15, 0.2) is 54.7 Å². The molecule has 0 bridgehead atoms. The van der Waals surface area contributed by atoms with Crippen molar-refractivity contribution in [2.45, 2.75) is 12.5 Å². The fourth-order valence-electron chi connectivity index (χ4n) is 2.08. The van der Waals surface area contributed by atoms with Gasteiger partial charge in [0.2, 0.25) is 0 Å². The van der Waals surface area contributed by atoms with Crippen molar-refractivity contribution in [3.63, 3.8) is 0 Å². The van der Waals surface area contributed by atoms with Gasteiger partial charge in [-0.3, -0.25) is 4.98 Å². The summed E-state index contributed by atoms with van der Waals surface area (Å²) in [6.07, 6.45) is 1.21. The van der Waals surface area contributed by atoms with Crippen molar-refractivity contribution in [3.05, 3.63) is 71.8 Å². The number of rotatable bonds is 3. The van der Waals surface area contributed by atoms with E-state index in [0.717, 1.165) is 16.6 Å². The van der Waals surface area contributed by atoms with Crippen LogP contribution < -0.4 is 0 Å². The Hall–Kier alpha value is -2.33. The fraction of sp³-hybridized carbons (Fsp3) is 0.125. The summed E-state index contributed by atoms with van der Waals surface area (Å²) in [5, 5.41) is 10.2. The van der Waals surface area contributed by atoms with Crippen LogP contribution in [-0.2, 0) is 6.42 Å². The van der Waals surface area contributed by atoms with E-state index in [0.29, 0.717) is 12.1 Å². The number of nitrogens with zero attached hydrogens (tertiary/aromatic N) is 2. The van der Waals surface area contributed by atoms with Crippen molar-refractivity contribution in [1.29, 1.82) is 0 Å². The third kappa shape index (κ3) is 2.65. The van der Waals surface area contributed by atoms with Gasteiger partial charge < -0.3 is 5.11 Å². The van der Waals surface area contributed by atoms with Gasteiger partial charge in [0.05, 0.1) is 22.9 Å². The number of hydrogen-bond donors (Lipinski definition) is 1. The van der Waals surface area contributed by atoms with Gasteiger partial charge in [0.15, 0.2) is 0 Å². The molecule has 0 spiro atoms. The zero-order chi connectivity index (χ0) is 13.9. The monoisotopic (exact) mass is 268 g/mol. The number of aromatic nitrogens is 2. The normalized spacial score (nSPS) is 12.5. The van der Waals surface area contributed by atoms with E-state index in [1.807, 2.05) is 24.3 Å². The molecule has 3 nitrogen and oxygen atoms in total. The van der Waals surface area contributed by atoms with Crippen LogP contribution in [0.2, 0.25) is 0 Å². The predicted octanol–water partition coefficient (Wildman–Crippen LogP) is 3.05. The van der Waals surface area contributed by atoms with E-state index < -0.39 is 6.10 Å². The third-order valence-electron chi connectivity index (χ3n) is 3.15. The van der Waals surface area contributed by atoms with E-state index in [1.54, 1.807) is 18.3 Å². The second-order valence-corrected chi connectivity index (χ2v) is 4.63. The Morgan fingerprint density at radius 3 is 2.45 bits per heavy atom. The second-order valence-electron chi connectivity index (χ2n) is 4.63. The molecule has 1 heterocycles. The van der Waals surface area contributed by atoms with Crippen molar-refractivity contribution in [2.75, 3.05) is 0 Å². The molecule has 0 fully saturated rings. The number of aliphatic hydroxyl groups excluding tert-OH is 1. The minimum atomic E-state index is -0.752. The average Bonchev–Trinajstić information content (AvgIpc) is 2.49. The molecule has 0 aliphatic rings. The number of para-hydroxylation sites is 2. The molecule has 4 heteroatoms. The number of halogens is 1. The SMILES string of the molecule is OC(Cc1ccc(F)cc1)c1cnc2ccccc2n1. The average molecular weight is 268 g/mol. The van der Waals surface area contributed by atoms with Crippen molar-refractivity contribution in [1.82, 2.24) is 9.97 Å². The Balaban J connectivity index is 1.84. The van der Waals surface area contributed by atoms with Crippen LogP contribution in [0.5, 0.6) is 0 Å². The third-order valence-corrected chi connectivity index (χ3v) is 3.15. The Bertz CT molecular complexity index is 728. The molecule has 20 heavy (non-hydrogen) atoms. The number of benzene rings is 2. The molecule has 0 saturated heterocycles. The van der Waals surface area contributed by atoms with Gasteiger partial charge in [0, 0.05) is 6.42 Å². The summed E-state index contributed by atoms with van der Waals surface area (Å²) in [7, 11) is 0. The highest BCUT2D eigenvalue weighted by molar-refractivity contribution is 5.73. The lowest BCUT2D eigenvalue weighted by Gasteiger charge is -2.10. The van der Waals surface area contributed by atoms with Crippen molar-refractivity contribution >= 4 is 11.0 Å². The maximum absolute atomic E-state index is 12.8. The van der Waals surface area contributed by atoms with E-state index in [1.165, 1.54) is 12.1 Å². The molecule has 100 valence electrons. The van der Waals surface area contributed by atoms with Gasteiger partial charge in [-0.15, -0.1) is 0 Å². The smallest absolute Gasteiger partial charge is 0.123 e. The topological polar surface area (TPSA) is 46.0 Å². The van der Waals surface area contributed by atoms with E-state index in [4.69, 9.17) is 0 Å². The molecule has 0 aliphatic heterocycles. The Morgan fingerprint density at radius 2 is 1.70 bits per heavy atom. The van der Waals surface area contributed by atoms with E-state index in [-0.39, 0.29) is 5.82 Å². The van der Waals surface area contributed by atoms with Gasteiger partial charge in [0.1, 0.15) is 11.9 Å². The number of fused-ring (bicyclic) bond motifs is 1. The first kappa shape index (κ1) is 12.7. The molecule has 2 aromatic carbocycles. The van der Waals surface area contributed by atoms with E-state index in [9.17, 15) is 9.50 Å². The quantitative estimate of drug-likeness (QED) is 0.794. The highest BCUT2D eigenvalue weighted by Gasteiger charge is 2.11. The summed E-state index contributed by atoms with van der Waals surface area (Å²) in [6.45, 7) is 0. The Kier molecular flexibility index (Phi) is 3.39. The molecule has 1 N–H and O–H groups in total. The molecular formula is C16H13FN2O. The molecule has 0 aliphatic carbocycles. The van der Waals surface area contributed by atoms with Crippen LogP contribution in [0.1, 0.15) is 17.4 Å². The van der Waals surface area contributed by atoms with Gasteiger partial charge in [-0.2, -0.15) is 0 Å². The molecule has 0 saturated carbocycles. The van der Waals surface area contributed by atoms with Gasteiger partial charge in [-0.25, -0.2) is 9.37 Å². The first-order valence-corrected chi connectivity index (χ1v) is 6.36. The largest absolute Gasteiger partial charge is 0.386 e. The zero-order valence-corrected chi connectivity index (χ0v) is 10.7. The number of aliphatic hydroxyl groups is 1. The highest BCUT2D eigenvalue weighted by atomic mass is 19.1. The van der Waals surface area contributed by atoms with E-state index in [2.05, 4.69) is 9.97 Å². The molecule has 3 aromatic rings. The van der Waals surface area contributed by atoms with Gasteiger partial charge in [0.25, 0.3) is 0 Å². The van der Waals surface area contributed by atoms with Crippen molar-refractivity contribution in [3.8, 4) is 0 Å². The van der Waals surface area contributed by atoms with Crippen LogP contribution in [0, 0.1) is 5.82 Å². The summed E-state index contributed by atoms with van der Waals surface area (Å²) in [6, 6.07) is 13.6. The van der Waals surface area contributed by atoms with Crippen LogP contribution in [0.4, 0.5) is 4.39 Å². The van der Waals surface area contributed by atoms with Crippen molar-refractivity contribution in [2.24, 2.45) is 0 Å². The van der Waals surface area contributed by atoms with Crippen LogP contribution in [0.25, 0.3) is 11.0 Å². The molecule has 3 rings (SSSR count). The molecular weight excluding hydrogens is 255 g/mol. The molecule has 1 atom stereocenters. The van der Waals surface area contributed by atoms with Crippen molar-refractivity contribution < 1.29 is 9.50 Å². The maximum Gasteiger partial charge on any atom is 0.123 e. The first-order chi connectivity index (χ1) is 9.72. The Labute approximate surface area is 115 Å². The summed E-state index contributed by atoms with van der Waals surface area (Å²) in [5.74, 6) is -0.284. The van der Waals surface area contributed by atoms with Gasteiger partial charge >= 0.3 is 0 Å². The Morgan fingerprint density at radius 1 is 1.00 bits per heavy atom. The van der Waals surface area contributed by atoms with Gasteiger partial charge in [-0.1, -0.05) is 24.3 Å². The summed E-state index contributed by atoms with van der Waals surface area (Å²) < 4.78 is 12.8. The van der Waals surface area contributed by atoms with E-state index >= 15 is 0 Å². The lowest BCUT2D eigenvalue weighted by atomic mass is 10.1. The minimum Gasteiger partial charge on any atom is -0.386 e. The first-order valence-electron chi connectivity index (χ1n) is 6.36. The van der Waals surface area contributed by atoms with Gasteiger partial charge in [-0.05, 0) is 29.8 Å². The van der Waals surface area contributed by atoms with Crippen LogP contribution in [0.3, 0.4) is 0 Å². The molecule has 1 unspecified atom stereocenters.